The molecule has 2 atom stereocenters. The molecule has 1 aliphatic rings. The molecule has 1 aromatic carbocycles. The minimum absolute atomic E-state index is 0.152. The Morgan fingerprint density at radius 3 is 3.19 bits per heavy atom. The fourth-order valence-electron chi connectivity index (χ4n) is 1.89. The van der Waals surface area contributed by atoms with E-state index in [-0.39, 0.29) is 12.1 Å². The first-order valence-corrected chi connectivity index (χ1v) is 5.84. The number of ether oxygens (including phenoxy) is 2. The molecule has 1 aliphatic heterocycles. The summed E-state index contributed by atoms with van der Waals surface area (Å²) in [7, 11) is 0. The van der Waals surface area contributed by atoms with Crippen LogP contribution in [-0.2, 0) is 4.74 Å². The van der Waals surface area contributed by atoms with Gasteiger partial charge in [-0.2, -0.15) is 0 Å². The second kappa shape index (κ2) is 5.87. The van der Waals surface area contributed by atoms with Crippen molar-refractivity contribution in [3.63, 3.8) is 0 Å². The van der Waals surface area contributed by atoms with E-state index in [9.17, 15) is 0 Å². The molecule has 1 N–H and O–H groups in total. The van der Waals surface area contributed by atoms with Crippen molar-refractivity contribution in [2.45, 2.75) is 25.5 Å². The van der Waals surface area contributed by atoms with Crippen molar-refractivity contribution in [2.75, 3.05) is 19.8 Å². The van der Waals surface area contributed by atoms with Crippen LogP contribution >= 0.6 is 0 Å². The Kier molecular flexibility index (Phi) is 4.19. The molecular formula is C13H18NO2. The highest BCUT2D eigenvalue weighted by molar-refractivity contribution is 5.19. The Morgan fingerprint density at radius 1 is 1.62 bits per heavy atom. The minimum Gasteiger partial charge on any atom is -0.488 e. The lowest BCUT2D eigenvalue weighted by Crippen LogP contribution is -2.50. The third kappa shape index (κ3) is 2.97. The lowest BCUT2D eigenvalue weighted by molar-refractivity contribution is 0.0266. The number of rotatable bonds is 4. The molecule has 1 saturated heterocycles. The number of morpholine rings is 1. The number of para-hydroxylation sites is 1. The van der Waals surface area contributed by atoms with Crippen LogP contribution in [0.2, 0.25) is 0 Å². The van der Waals surface area contributed by atoms with Crippen molar-refractivity contribution in [3.05, 3.63) is 30.3 Å². The maximum Gasteiger partial charge on any atom is 0.127 e. The summed E-state index contributed by atoms with van der Waals surface area (Å²) in [6.07, 6.45) is 1.11. The molecule has 16 heavy (non-hydrogen) atoms. The molecule has 0 aliphatic carbocycles. The van der Waals surface area contributed by atoms with E-state index in [4.69, 9.17) is 9.47 Å². The fraction of sp³-hybridized carbons (Fsp3) is 0.538. The van der Waals surface area contributed by atoms with Gasteiger partial charge in [0, 0.05) is 12.6 Å². The number of hydrogen-bond donors (Lipinski definition) is 1. The Labute approximate surface area is 96.8 Å². The van der Waals surface area contributed by atoms with Gasteiger partial charge >= 0.3 is 0 Å². The molecule has 2 unspecified atom stereocenters. The fourth-order valence-corrected chi connectivity index (χ4v) is 1.89. The topological polar surface area (TPSA) is 30.5 Å². The molecule has 0 amide bonds. The summed E-state index contributed by atoms with van der Waals surface area (Å²) in [5.74, 6) is 0.807. The third-order valence-corrected chi connectivity index (χ3v) is 2.76. The van der Waals surface area contributed by atoms with Gasteiger partial charge < -0.3 is 14.8 Å². The van der Waals surface area contributed by atoms with Crippen LogP contribution in [0.4, 0.5) is 0 Å². The van der Waals surface area contributed by atoms with Crippen LogP contribution in [0.25, 0.3) is 0 Å². The standard InChI is InChI=1S/C13H18NO2/c1-2-13(12-10-15-9-8-14-12)16-11-6-4-3-5-7-11/h3-6,12-14H,2,8-10H2,1H3. The summed E-state index contributed by atoms with van der Waals surface area (Å²) in [6, 6.07) is 11.1. The van der Waals surface area contributed by atoms with Gasteiger partial charge in [-0.15, -0.1) is 0 Å². The summed E-state index contributed by atoms with van der Waals surface area (Å²) < 4.78 is 11.4. The molecule has 1 heterocycles. The maximum absolute atomic E-state index is 5.91. The molecule has 1 aromatic rings. The molecule has 1 fully saturated rings. The highest BCUT2D eigenvalue weighted by Gasteiger charge is 2.23. The van der Waals surface area contributed by atoms with Crippen molar-refractivity contribution in [2.24, 2.45) is 0 Å². The SMILES string of the molecule is CCC(Oc1[c]cccc1)C1COCCN1. The van der Waals surface area contributed by atoms with E-state index in [0.717, 1.165) is 31.9 Å². The van der Waals surface area contributed by atoms with Gasteiger partial charge in [-0.3, -0.25) is 0 Å². The van der Waals surface area contributed by atoms with Gasteiger partial charge in [-0.1, -0.05) is 25.1 Å². The molecule has 2 rings (SSSR count). The van der Waals surface area contributed by atoms with Crippen molar-refractivity contribution < 1.29 is 9.47 Å². The molecular weight excluding hydrogens is 202 g/mol. The summed E-state index contributed by atoms with van der Waals surface area (Å²) in [6.45, 7) is 4.56. The molecule has 0 aromatic heterocycles. The number of nitrogens with one attached hydrogen (secondary N) is 1. The van der Waals surface area contributed by atoms with Crippen LogP contribution in [0.15, 0.2) is 24.3 Å². The monoisotopic (exact) mass is 220 g/mol. The zero-order chi connectivity index (χ0) is 11.2. The van der Waals surface area contributed by atoms with Crippen molar-refractivity contribution in [1.82, 2.24) is 5.32 Å². The molecule has 87 valence electrons. The van der Waals surface area contributed by atoms with E-state index in [1.54, 1.807) is 0 Å². The molecule has 0 bridgehead atoms. The third-order valence-electron chi connectivity index (χ3n) is 2.76. The van der Waals surface area contributed by atoms with Gasteiger partial charge in [0.1, 0.15) is 11.9 Å². The summed E-state index contributed by atoms with van der Waals surface area (Å²) >= 11 is 0. The van der Waals surface area contributed by atoms with Gasteiger partial charge in [0.2, 0.25) is 0 Å². The molecule has 3 nitrogen and oxygen atoms in total. The molecule has 1 radical (unpaired) electrons. The Bertz CT molecular complexity index is 296. The predicted octanol–water partition coefficient (Wildman–Crippen LogP) is 1.63. The Balaban J connectivity index is 1.94. The average molecular weight is 220 g/mol. The van der Waals surface area contributed by atoms with Gasteiger partial charge in [0.15, 0.2) is 0 Å². The van der Waals surface area contributed by atoms with Crippen molar-refractivity contribution >= 4 is 0 Å². The van der Waals surface area contributed by atoms with Gasteiger partial charge in [0.25, 0.3) is 0 Å². The number of benzene rings is 1. The van der Waals surface area contributed by atoms with E-state index < -0.39 is 0 Å². The zero-order valence-electron chi connectivity index (χ0n) is 9.61. The van der Waals surface area contributed by atoms with Gasteiger partial charge in [-0.25, -0.2) is 0 Å². The molecule has 0 saturated carbocycles. The van der Waals surface area contributed by atoms with E-state index in [2.05, 4.69) is 18.3 Å². The van der Waals surface area contributed by atoms with Crippen molar-refractivity contribution in [3.8, 4) is 5.75 Å². The van der Waals surface area contributed by atoms with Gasteiger partial charge in [-0.05, 0) is 12.5 Å². The summed E-state index contributed by atoms with van der Waals surface area (Å²) in [4.78, 5) is 0. The normalized spacial score (nSPS) is 22.7. The lowest BCUT2D eigenvalue weighted by Gasteiger charge is -2.30. The summed E-state index contributed by atoms with van der Waals surface area (Å²) in [5, 5.41) is 3.43. The highest BCUT2D eigenvalue weighted by atomic mass is 16.5. The van der Waals surface area contributed by atoms with E-state index in [1.165, 1.54) is 0 Å². The van der Waals surface area contributed by atoms with E-state index in [1.807, 2.05) is 24.3 Å². The second-order valence-electron chi connectivity index (χ2n) is 3.93. The molecule has 0 spiro atoms. The first kappa shape index (κ1) is 11.4. The van der Waals surface area contributed by atoms with Crippen LogP contribution in [-0.4, -0.2) is 31.9 Å². The maximum atomic E-state index is 5.91. The smallest absolute Gasteiger partial charge is 0.127 e. The quantitative estimate of drug-likeness (QED) is 0.836. The first-order valence-electron chi connectivity index (χ1n) is 5.84. The van der Waals surface area contributed by atoms with Crippen LogP contribution in [0, 0.1) is 6.07 Å². The van der Waals surface area contributed by atoms with E-state index in [0.29, 0.717) is 0 Å². The van der Waals surface area contributed by atoms with Crippen LogP contribution < -0.4 is 10.1 Å². The molecule has 3 heteroatoms. The minimum atomic E-state index is 0.152. The largest absolute Gasteiger partial charge is 0.488 e. The average Bonchev–Trinajstić information content (AvgIpc) is 2.38. The predicted molar refractivity (Wildman–Crippen MR) is 62.6 cm³/mol. The van der Waals surface area contributed by atoms with Crippen LogP contribution in [0.5, 0.6) is 5.75 Å². The van der Waals surface area contributed by atoms with E-state index >= 15 is 0 Å². The van der Waals surface area contributed by atoms with Crippen LogP contribution in [0.1, 0.15) is 13.3 Å². The lowest BCUT2D eigenvalue weighted by atomic mass is 10.1. The Morgan fingerprint density at radius 2 is 2.56 bits per heavy atom. The first-order chi connectivity index (χ1) is 7.90. The Hall–Kier alpha value is -1.06. The van der Waals surface area contributed by atoms with Gasteiger partial charge in [0.05, 0.1) is 19.3 Å². The zero-order valence-corrected chi connectivity index (χ0v) is 9.61. The summed E-state index contributed by atoms with van der Waals surface area (Å²) in [5.41, 5.74) is 0. The second-order valence-corrected chi connectivity index (χ2v) is 3.93. The van der Waals surface area contributed by atoms with Crippen LogP contribution in [0.3, 0.4) is 0 Å². The number of hydrogen-bond acceptors (Lipinski definition) is 3. The highest BCUT2D eigenvalue weighted by Crippen LogP contribution is 2.15. The van der Waals surface area contributed by atoms with Crippen molar-refractivity contribution in [1.29, 1.82) is 0 Å².